The Kier molecular flexibility index (Phi) is 5.92. The van der Waals surface area contributed by atoms with Crippen LogP contribution in [0.1, 0.15) is 53.9 Å². The highest BCUT2D eigenvalue weighted by Crippen LogP contribution is 2.36. The fourth-order valence-electron chi connectivity index (χ4n) is 3.24. The highest BCUT2D eigenvalue weighted by Gasteiger charge is 2.30. The van der Waals surface area contributed by atoms with E-state index in [-0.39, 0.29) is 28.1 Å². The summed E-state index contributed by atoms with van der Waals surface area (Å²) in [6.07, 6.45) is 2.27. The molecule has 1 unspecified atom stereocenters. The quantitative estimate of drug-likeness (QED) is 0.346. The summed E-state index contributed by atoms with van der Waals surface area (Å²) in [7, 11) is 0. The van der Waals surface area contributed by atoms with Gasteiger partial charge < -0.3 is 21.5 Å². The Morgan fingerprint density at radius 1 is 1.34 bits per heavy atom. The van der Waals surface area contributed by atoms with Crippen LogP contribution in [-0.4, -0.2) is 39.8 Å². The molecule has 0 bridgehead atoms. The predicted molar refractivity (Wildman–Crippen MR) is 109 cm³/mol. The Balaban J connectivity index is 1.60. The second-order valence-electron chi connectivity index (χ2n) is 8.00. The number of aromatic nitrogens is 1. The van der Waals surface area contributed by atoms with Crippen LogP contribution in [0.25, 0.3) is 0 Å². The topological polar surface area (TPSA) is 156 Å². The van der Waals surface area contributed by atoms with Gasteiger partial charge in [-0.2, -0.15) is 4.68 Å². The first-order valence-corrected chi connectivity index (χ1v) is 10.2. The highest BCUT2D eigenvalue weighted by molar-refractivity contribution is 7.16. The van der Waals surface area contributed by atoms with Gasteiger partial charge in [-0.15, -0.1) is 11.3 Å². The number of carboxylic acid groups (broad SMARTS) is 1. The number of thiophene rings is 1. The smallest absolute Gasteiger partial charge is 0.340 e. The van der Waals surface area contributed by atoms with Crippen molar-refractivity contribution in [3.05, 3.63) is 36.7 Å². The van der Waals surface area contributed by atoms with E-state index in [0.717, 1.165) is 16.0 Å². The van der Waals surface area contributed by atoms with Crippen molar-refractivity contribution < 1.29 is 14.7 Å². The molecule has 10 nitrogen and oxygen atoms in total. The first-order valence-electron chi connectivity index (χ1n) is 9.38. The number of hydrogen-bond acceptors (Lipinski definition) is 8. The maximum absolute atomic E-state index is 12.0. The van der Waals surface area contributed by atoms with Crippen molar-refractivity contribution in [1.29, 1.82) is 0 Å². The van der Waals surface area contributed by atoms with Crippen LogP contribution < -0.4 is 32.9 Å². The monoisotopic (exact) mass is 423 g/mol. The zero-order valence-electron chi connectivity index (χ0n) is 16.3. The number of nitrogens with zero attached hydrogens (tertiary/aromatic N) is 1. The van der Waals surface area contributed by atoms with Crippen LogP contribution >= 0.6 is 11.3 Å². The molecule has 1 aliphatic heterocycles. The Morgan fingerprint density at radius 2 is 2.03 bits per heavy atom. The average molecular weight is 423 g/mol. The predicted octanol–water partition coefficient (Wildman–Crippen LogP) is -0.243. The number of anilines is 1. The van der Waals surface area contributed by atoms with E-state index in [2.05, 4.69) is 16.1 Å². The standard InChI is InChI=1S/C18H25N5O5S/c1-18(2,19)5-3-4-12(24)21-7-9-6-10-11(8-20-9)29-14(13(10)17(27)28)22-23-15(25)16(23)26/h9,20,22H,3-8,19H2,1-2H3,(H,21,24)(H,27,28). The summed E-state index contributed by atoms with van der Waals surface area (Å²) < 4.78 is 0.789. The van der Waals surface area contributed by atoms with Gasteiger partial charge in [-0.3, -0.25) is 19.8 Å². The van der Waals surface area contributed by atoms with E-state index in [1.165, 1.54) is 11.3 Å². The number of carbonyl (C=O) groups is 2. The molecular formula is C18H25N5O5S. The van der Waals surface area contributed by atoms with E-state index < -0.39 is 17.1 Å². The van der Waals surface area contributed by atoms with Crippen LogP contribution in [0.5, 0.6) is 0 Å². The molecule has 1 aliphatic rings. The molecule has 0 fully saturated rings. The van der Waals surface area contributed by atoms with Gasteiger partial charge in [0.25, 0.3) is 0 Å². The number of carboxylic acids is 1. The molecule has 0 aliphatic carbocycles. The SMILES string of the molecule is CC(C)(N)CCCC(=O)NCC1Cc2c(sc(Nn3c(=O)c3=O)c2C(=O)O)CN1. The van der Waals surface area contributed by atoms with E-state index in [1.807, 2.05) is 13.8 Å². The Morgan fingerprint density at radius 3 is 2.62 bits per heavy atom. The minimum absolute atomic E-state index is 0.0634. The molecular weight excluding hydrogens is 398 g/mol. The lowest BCUT2D eigenvalue weighted by molar-refractivity contribution is -0.121. The van der Waals surface area contributed by atoms with Gasteiger partial charge in [0.05, 0.1) is 5.56 Å². The number of rotatable bonds is 9. The molecule has 11 heteroatoms. The van der Waals surface area contributed by atoms with Gasteiger partial charge in [0.15, 0.2) is 0 Å². The summed E-state index contributed by atoms with van der Waals surface area (Å²) in [5.41, 5.74) is 7.55. The van der Waals surface area contributed by atoms with Crippen LogP contribution in [0.4, 0.5) is 5.00 Å². The van der Waals surface area contributed by atoms with Crippen molar-refractivity contribution in [2.24, 2.45) is 5.73 Å². The summed E-state index contributed by atoms with van der Waals surface area (Å²) in [6, 6.07) is -0.109. The van der Waals surface area contributed by atoms with E-state index >= 15 is 0 Å². The van der Waals surface area contributed by atoms with Gasteiger partial charge in [-0.05, 0) is 38.7 Å². The van der Waals surface area contributed by atoms with Gasteiger partial charge in [-0.1, -0.05) is 0 Å². The second-order valence-corrected chi connectivity index (χ2v) is 9.10. The van der Waals surface area contributed by atoms with Crippen LogP contribution in [0.3, 0.4) is 0 Å². The molecule has 0 saturated carbocycles. The van der Waals surface area contributed by atoms with Gasteiger partial charge in [-0.25, -0.2) is 4.79 Å². The summed E-state index contributed by atoms with van der Waals surface area (Å²) in [4.78, 5) is 47.0. The van der Waals surface area contributed by atoms with Gasteiger partial charge in [0.2, 0.25) is 5.91 Å². The summed E-state index contributed by atoms with van der Waals surface area (Å²) in [6.45, 7) is 4.67. The molecule has 0 radical (unpaired) electrons. The third kappa shape index (κ3) is 5.11. The Hall–Kier alpha value is -2.50. The molecule has 2 aromatic heterocycles. The molecule has 0 aromatic carbocycles. The maximum atomic E-state index is 12.0. The number of nitrogens with one attached hydrogen (secondary N) is 3. The van der Waals surface area contributed by atoms with Gasteiger partial charge in [0.1, 0.15) is 5.00 Å². The molecule has 158 valence electrons. The van der Waals surface area contributed by atoms with E-state index in [1.54, 1.807) is 0 Å². The van der Waals surface area contributed by atoms with Crippen molar-refractivity contribution >= 4 is 28.2 Å². The number of aromatic carboxylic acids is 1. The molecule has 2 aromatic rings. The zero-order valence-corrected chi connectivity index (χ0v) is 17.1. The lowest BCUT2D eigenvalue weighted by Crippen LogP contribution is -2.44. The van der Waals surface area contributed by atoms with Crippen molar-refractivity contribution in [1.82, 2.24) is 15.3 Å². The summed E-state index contributed by atoms with van der Waals surface area (Å²) >= 11 is 1.20. The molecule has 1 atom stereocenters. The van der Waals surface area contributed by atoms with Gasteiger partial charge in [0, 0.05) is 36.0 Å². The lowest BCUT2D eigenvalue weighted by Gasteiger charge is -2.24. The van der Waals surface area contributed by atoms with Gasteiger partial charge >= 0.3 is 17.1 Å². The molecule has 0 saturated heterocycles. The van der Waals surface area contributed by atoms with Crippen molar-refractivity contribution in [3.8, 4) is 0 Å². The average Bonchev–Trinajstić information content (AvgIpc) is 3.03. The fraction of sp³-hybridized carbons (Fsp3) is 0.556. The van der Waals surface area contributed by atoms with Crippen molar-refractivity contribution in [3.63, 3.8) is 0 Å². The number of amides is 1. The molecule has 29 heavy (non-hydrogen) atoms. The zero-order chi connectivity index (χ0) is 21.3. The molecule has 3 rings (SSSR count). The highest BCUT2D eigenvalue weighted by atomic mass is 32.1. The van der Waals surface area contributed by atoms with E-state index in [4.69, 9.17) is 5.73 Å². The van der Waals surface area contributed by atoms with E-state index in [9.17, 15) is 24.3 Å². The lowest BCUT2D eigenvalue weighted by atomic mass is 9.97. The van der Waals surface area contributed by atoms with Crippen LogP contribution in [0, 0.1) is 0 Å². The first-order chi connectivity index (χ1) is 13.6. The Labute approximate surface area is 170 Å². The van der Waals surface area contributed by atoms with Crippen LogP contribution in [-0.2, 0) is 17.8 Å². The maximum Gasteiger partial charge on any atom is 0.340 e. The summed E-state index contributed by atoms with van der Waals surface area (Å²) in [5.74, 6) is -1.19. The third-order valence-electron chi connectivity index (χ3n) is 4.83. The molecule has 0 spiro atoms. The Bertz CT molecular complexity index is 970. The second kappa shape index (κ2) is 8.09. The fourth-order valence-corrected chi connectivity index (χ4v) is 4.40. The molecule has 3 heterocycles. The molecule has 1 amide bonds. The number of carbonyl (C=O) groups excluding carboxylic acids is 1. The number of fused-ring (bicyclic) bond motifs is 1. The minimum atomic E-state index is -1.12. The normalized spacial score (nSPS) is 16.6. The number of hydrogen-bond donors (Lipinski definition) is 5. The van der Waals surface area contributed by atoms with Crippen LogP contribution in [0.15, 0.2) is 9.59 Å². The van der Waals surface area contributed by atoms with Crippen LogP contribution in [0.2, 0.25) is 0 Å². The summed E-state index contributed by atoms with van der Waals surface area (Å²) in [5, 5.41) is 16.0. The van der Waals surface area contributed by atoms with Crippen molar-refractivity contribution in [2.45, 2.75) is 57.7 Å². The van der Waals surface area contributed by atoms with Crippen molar-refractivity contribution in [2.75, 3.05) is 12.0 Å². The number of nitrogens with two attached hydrogens (primary N) is 1. The third-order valence-corrected chi connectivity index (χ3v) is 5.97. The first kappa shape index (κ1) is 21.2. The molecule has 6 N–H and O–H groups in total. The minimum Gasteiger partial charge on any atom is -0.478 e. The largest absolute Gasteiger partial charge is 0.478 e. The van der Waals surface area contributed by atoms with E-state index in [0.29, 0.717) is 37.9 Å².